The molecular weight excluding hydrogens is 428 g/mol. The summed E-state index contributed by atoms with van der Waals surface area (Å²) in [5.74, 6) is 0.954. The lowest BCUT2D eigenvalue weighted by Crippen LogP contribution is -2.52. The van der Waals surface area contributed by atoms with E-state index in [9.17, 15) is 9.59 Å². The molecular formula is C25H33ClN2O2S. The summed E-state index contributed by atoms with van der Waals surface area (Å²) in [7, 11) is 0. The number of nitrogens with one attached hydrogen (secondary N) is 1. The molecule has 0 fully saturated rings. The Balaban J connectivity index is 2.06. The molecule has 0 saturated carbocycles. The zero-order chi connectivity index (χ0) is 22.6. The predicted molar refractivity (Wildman–Crippen MR) is 131 cm³/mol. The normalized spacial score (nSPS) is 12.8. The third-order valence-electron chi connectivity index (χ3n) is 5.25. The van der Waals surface area contributed by atoms with Crippen molar-refractivity contribution in [2.45, 2.75) is 57.9 Å². The Labute approximate surface area is 195 Å². The Morgan fingerprint density at radius 3 is 2.39 bits per heavy atom. The number of amides is 2. The van der Waals surface area contributed by atoms with Crippen molar-refractivity contribution in [2.24, 2.45) is 0 Å². The molecule has 0 aromatic heterocycles. The van der Waals surface area contributed by atoms with Crippen molar-refractivity contribution >= 4 is 35.2 Å². The topological polar surface area (TPSA) is 49.4 Å². The van der Waals surface area contributed by atoms with Gasteiger partial charge in [-0.3, -0.25) is 9.59 Å². The van der Waals surface area contributed by atoms with E-state index >= 15 is 0 Å². The van der Waals surface area contributed by atoms with Gasteiger partial charge in [-0.15, -0.1) is 11.8 Å². The van der Waals surface area contributed by atoms with E-state index in [4.69, 9.17) is 11.6 Å². The second kappa shape index (κ2) is 13.4. The molecule has 0 saturated heterocycles. The van der Waals surface area contributed by atoms with Crippen LogP contribution in [0.15, 0.2) is 54.6 Å². The number of rotatable bonds is 12. The van der Waals surface area contributed by atoms with Crippen molar-refractivity contribution in [3.8, 4) is 0 Å². The fourth-order valence-electron chi connectivity index (χ4n) is 3.30. The van der Waals surface area contributed by atoms with E-state index in [0.717, 1.165) is 24.0 Å². The van der Waals surface area contributed by atoms with Crippen LogP contribution < -0.4 is 5.32 Å². The fourth-order valence-corrected chi connectivity index (χ4v) is 4.37. The summed E-state index contributed by atoms with van der Waals surface area (Å²) in [6, 6.07) is 17.4. The minimum atomic E-state index is -0.461. The van der Waals surface area contributed by atoms with Crippen molar-refractivity contribution in [2.75, 3.05) is 12.3 Å². The third kappa shape index (κ3) is 8.58. The number of hydrogen-bond acceptors (Lipinski definition) is 3. The van der Waals surface area contributed by atoms with Crippen LogP contribution in [0.3, 0.4) is 0 Å². The zero-order valence-corrected chi connectivity index (χ0v) is 20.2. The first-order chi connectivity index (χ1) is 14.9. The Kier molecular flexibility index (Phi) is 11.0. The number of hydrogen-bond donors (Lipinski definition) is 1. The molecule has 168 valence electrons. The molecule has 31 heavy (non-hydrogen) atoms. The van der Waals surface area contributed by atoms with Crippen LogP contribution in [0.4, 0.5) is 0 Å². The number of thioether (sulfide) groups is 1. The molecule has 6 heteroatoms. The van der Waals surface area contributed by atoms with Crippen LogP contribution in [0, 0.1) is 0 Å². The summed E-state index contributed by atoms with van der Waals surface area (Å²) in [4.78, 5) is 27.8. The van der Waals surface area contributed by atoms with Crippen molar-refractivity contribution in [1.29, 1.82) is 0 Å². The Morgan fingerprint density at radius 2 is 1.74 bits per heavy atom. The molecule has 0 aliphatic carbocycles. The molecule has 0 bridgehead atoms. The van der Waals surface area contributed by atoms with Gasteiger partial charge in [-0.1, -0.05) is 67.9 Å². The second-order valence-electron chi connectivity index (χ2n) is 7.69. The van der Waals surface area contributed by atoms with Gasteiger partial charge in [0.15, 0.2) is 0 Å². The van der Waals surface area contributed by atoms with Gasteiger partial charge in [-0.05, 0) is 49.4 Å². The molecule has 1 N–H and O–H groups in total. The van der Waals surface area contributed by atoms with Crippen LogP contribution in [-0.2, 0) is 21.8 Å². The van der Waals surface area contributed by atoms with Crippen molar-refractivity contribution in [3.05, 3.63) is 70.7 Å². The standard InChI is InChI=1S/C25H33ClN2O2S/c1-4-19(3)27-25(30)23(5-2)28(15-14-20-10-7-6-8-11-20)24(29)18-31-17-21-12-9-13-22(26)16-21/h6-13,16,19,23H,4-5,14-15,17-18H2,1-3H3,(H,27,30)/t19-,23-/m1/s1. The highest BCUT2D eigenvalue weighted by molar-refractivity contribution is 7.99. The van der Waals surface area contributed by atoms with E-state index in [2.05, 4.69) is 17.4 Å². The molecule has 0 heterocycles. The summed E-state index contributed by atoms with van der Waals surface area (Å²) in [5.41, 5.74) is 2.24. The molecule has 4 nitrogen and oxygen atoms in total. The lowest BCUT2D eigenvalue weighted by atomic mass is 10.1. The molecule has 0 aliphatic rings. The second-order valence-corrected chi connectivity index (χ2v) is 9.11. The maximum absolute atomic E-state index is 13.2. The molecule has 2 atom stereocenters. The highest BCUT2D eigenvalue weighted by atomic mass is 35.5. The highest BCUT2D eigenvalue weighted by Crippen LogP contribution is 2.18. The van der Waals surface area contributed by atoms with Gasteiger partial charge in [0.2, 0.25) is 11.8 Å². The summed E-state index contributed by atoms with van der Waals surface area (Å²) in [5, 5.41) is 3.74. The Morgan fingerprint density at radius 1 is 1.03 bits per heavy atom. The molecule has 2 rings (SSSR count). The van der Waals surface area contributed by atoms with E-state index in [1.54, 1.807) is 16.7 Å². The van der Waals surface area contributed by atoms with E-state index in [1.807, 2.05) is 63.2 Å². The first-order valence-electron chi connectivity index (χ1n) is 10.9. The van der Waals surface area contributed by atoms with Crippen LogP contribution in [-0.4, -0.2) is 41.1 Å². The van der Waals surface area contributed by atoms with Gasteiger partial charge >= 0.3 is 0 Å². The summed E-state index contributed by atoms with van der Waals surface area (Å²) >= 11 is 7.61. The van der Waals surface area contributed by atoms with Crippen molar-refractivity contribution in [1.82, 2.24) is 10.2 Å². The maximum Gasteiger partial charge on any atom is 0.243 e. The zero-order valence-electron chi connectivity index (χ0n) is 18.6. The molecule has 2 aromatic rings. The van der Waals surface area contributed by atoms with Gasteiger partial charge < -0.3 is 10.2 Å². The SMILES string of the molecule is CC[C@@H](C)NC(=O)[C@@H](CC)N(CCc1ccccc1)C(=O)CSCc1cccc(Cl)c1. The van der Waals surface area contributed by atoms with Crippen LogP contribution in [0.1, 0.15) is 44.7 Å². The Bertz CT molecular complexity index is 831. The maximum atomic E-state index is 13.2. The fraction of sp³-hybridized carbons (Fsp3) is 0.440. The van der Waals surface area contributed by atoms with E-state index in [-0.39, 0.29) is 17.9 Å². The summed E-state index contributed by atoms with van der Waals surface area (Å²) < 4.78 is 0. The summed E-state index contributed by atoms with van der Waals surface area (Å²) in [6.07, 6.45) is 2.16. The average Bonchev–Trinajstić information content (AvgIpc) is 2.77. The quantitative estimate of drug-likeness (QED) is 0.465. The van der Waals surface area contributed by atoms with Crippen molar-refractivity contribution in [3.63, 3.8) is 0 Å². The number of carbonyl (C=O) groups excluding carboxylic acids is 2. The van der Waals surface area contributed by atoms with E-state index in [0.29, 0.717) is 29.5 Å². The lowest BCUT2D eigenvalue weighted by Gasteiger charge is -2.31. The largest absolute Gasteiger partial charge is 0.352 e. The highest BCUT2D eigenvalue weighted by Gasteiger charge is 2.28. The monoisotopic (exact) mass is 460 g/mol. The van der Waals surface area contributed by atoms with Crippen LogP contribution in [0.25, 0.3) is 0 Å². The first-order valence-corrected chi connectivity index (χ1v) is 12.4. The van der Waals surface area contributed by atoms with Gasteiger partial charge in [0.05, 0.1) is 5.75 Å². The first kappa shape index (κ1) is 25.3. The molecule has 0 unspecified atom stereocenters. The van der Waals surface area contributed by atoms with Gasteiger partial charge in [0.25, 0.3) is 0 Å². The molecule has 2 amide bonds. The number of benzene rings is 2. The van der Waals surface area contributed by atoms with Crippen LogP contribution in [0.5, 0.6) is 0 Å². The average molecular weight is 461 g/mol. The van der Waals surface area contributed by atoms with E-state index < -0.39 is 6.04 Å². The number of nitrogens with zero attached hydrogens (tertiary/aromatic N) is 1. The van der Waals surface area contributed by atoms with Gasteiger partial charge in [0, 0.05) is 23.4 Å². The predicted octanol–water partition coefficient (Wildman–Crippen LogP) is 5.34. The number of carbonyl (C=O) groups is 2. The molecule has 0 spiro atoms. The summed E-state index contributed by atoms with van der Waals surface area (Å²) in [6.45, 7) is 6.51. The van der Waals surface area contributed by atoms with Gasteiger partial charge in [-0.2, -0.15) is 0 Å². The van der Waals surface area contributed by atoms with E-state index in [1.165, 1.54) is 0 Å². The molecule has 0 radical (unpaired) electrons. The minimum Gasteiger partial charge on any atom is -0.352 e. The van der Waals surface area contributed by atoms with Gasteiger partial charge in [-0.25, -0.2) is 0 Å². The number of halogens is 1. The van der Waals surface area contributed by atoms with Gasteiger partial charge in [0.1, 0.15) is 6.04 Å². The van der Waals surface area contributed by atoms with Crippen LogP contribution in [0.2, 0.25) is 5.02 Å². The molecule has 2 aromatic carbocycles. The lowest BCUT2D eigenvalue weighted by molar-refractivity contribution is -0.139. The van der Waals surface area contributed by atoms with Crippen molar-refractivity contribution < 1.29 is 9.59 Å². The molecule has 0 aliphatic heterocycles. The Hall–Kier alpha value is -1.98. The van der Waals surface area contributed by atoms with Crippen LogP contribution >= 0.6 is 23.4 Å². The minimum absolute atomic E-state index is 0.00545. The third-order valence-corrected chi connectivity index (χ3v) is 6.48. The smallest absolute Gasteiger partial charge is 0.243 e.